The summed E-state index contributed by atoms with van der Waals surface area (Å²) in [4.78, 5) is 28.7. The lowest BCUT2D eigenvalue weighted by molar-refractivity contribution is -0.119. The molecule has 9 heteroatoms. The molecule has 0 atom stereocenters. The lowest BCUT2D eigenvalue weighted by Crippen LogP contribution is -2.21. The highest BCUT2D eigenvalue weighted by molar-refractivity contribution is 7.90. The van der Waals surface area contributed by atoms with Crippen LogP contribution in [0.4, 0.5) is 5.13 Å². The Hall–Kier alpha value is -2.78. The highest BCUT2D eigenvalue weighted by Crippen LogP contribution is 2.26. The van der Waals surface area contributed by atoms with Gasteiger partial charge in [0.05, 0.1) is 20.7 Å². The normalized spacial score (nSPS) is 11.4. The Morgan fingerprint density at radius 2 is 1.89 bits per heavy atom. The van der Waals surface area contributed by atoms with Gasteiger partial charge in [-0.05, 0) is 49.2 Å². The summed E-state index contributed by atoms with van der Waals surface area (Å²) in [6.45, 7) is 3.12. The smallest absolute Gasteiger partial charge is 0.338 e. The maximum Gasteiger partial charge on any atom is 0.338 e. The number of aryl methyl sites for hydroxylation is 2. The van der Waals surface area contributed by atoms with Crippen molar-refractivity contribution in [3.8, 4) is 0 Å². The summed E-state index contributed by atoms with van der Waals surface area (Å²) in [5.74, 6) is -1.29. The van der Waals surface area contributed by atoms with Crippen LogP contribution >= 0.6 is 11.3 Å². The summed E-state index contributed by atoms with van der Waals surface area (Å²) >= 11 is 1.33. The molecule has 1 heterocycles. The second-order valence-corrected chi connectivity index (χ2v) is 9.41. The summed E-state index contributed by atoms with van der Waals surface area (Å²) in [7, 11) is -3.46. The summed E-state index contributed by atoms with van der Waals surface area (Å²) in [5, 5.41) is 3.02. The van der Waals surface area contributed by atoms with Crippen molar-refractivity contribution in [2.75, 3.05) is 18.2 Å². The number of ether oxygens (including phenoxy) is 1. The molecule has 0 bridgehead atoms. The molecule has 1 aromatic heterocycles. The average molecular weight is 418 g/mol. The van der Waals surface area contributed by atoms with Crippen LogP contribution in [-0.2, 0) is 19.4 Å². The molecule has 3 aromatic rings. The molecule has 0 saturated carbocycles. The number of carbonyl (C=O) groups excluding carboxylic acids is 2. The monoisotopic (exact) mass is 418 g/mol. The highest BCUT2D eigenvalue weighted by Gasteiger charge is 2.17. The summed E-state index contributed by atoms with van der Waals surface area (Å²) in [6, 6.07) is 9.97. The number of thiazole rings is 1. The topological polar surface area (TPSA) is 102 Å². The van der Waals surface area contributed by atoms with Gasteiger partial charge in [0.15, 0.2) is 21.6 Å². The van der Waals surface area contributed by atoms with Gasteiger partial charge >= 0.3 is 5.97 Å². The van der Waals surface area contributed by atoms with Crippen LogP contribution in [0.1, 0.15) is 21.5 Å². The molecular weight excluding hydrogens is 400 g/mol. The first-order valence-corrected chi connectivity index (χ1v) is 11.0. The van der Waals surface area contributed by atoms with Crippen molar-refractivity contribution < 1.29 is 22.7 Å². The number of anilines is 1. The molecule has 0 aliphatic carbocycles. The van der Waals surface area contributed by atoms with Gasteiger partial charge in [-0.1, -0.05) is 23.5 Å². The molecule has 0 fully saturated rings. The van der Waals surface area contributed by atoms with E-state index in [4.69, 9.17) is 4.74 Å². The molecule has 0 spiro atoms. The minimum atomic E-state index is -3.46. The van der Waals surface area contributed by atoms with E-state index in [9.17, 15) is 18.0 Å². The van der Waals surface area contributed by atoms with Gasteiger partial charge in [0, 0.05) is 6.26 Å². The molecule has 1 amide bonds. The number of carbonyl (C=O) groups is 2. The molecule has 0 saturated heterocycles. The Morgan fingerprint density at radius 1 is 1.14 bits per heavy atom. The Bertz CT molecular complexity index is 1180. The van der Waals surface area contributed by atoms with Crippen LogP contribution in [0.5, 0.6) is 0 Å². The van der Waals surface area contributed by atoms with E-state index < -0.39 is 28.3 Å². The molecule has 1 N–H and O–H groups in total. The second-order valence-electron chi connectivity index (χ2n) is 6.36. The van der Waals surface area contributed by atoms with E-state index in [0.29, 0.717) is 10.7 Å². The number of amides is 1. The zero-order valence-corrected chi connectivity index (χ0v) is 17.1. The lowest BCUT2D eigenvalue weighted by atomic mass is 10.1. The first-order valence-electron chi connectivity index (χ1n) is 8.28. The van der Waals surface area contributed by atoms with Gasteiger partial charge < -0.3 is 4.74 Å². The highest BCUT2D eigenvalue weighted by atomic mass is 32.2. The fourth-order valence-corrected chi connectivity index (χ4v) is 4.13. The van der Waals surface area contributed by atoms with Crippen molar-refractivity contribution >= 4 is 48.4 Å². The standard InChI is InChI=1S/C19H18N2O5S2/c1-11-4-7-15-16(8-11)27-19(20-15)21-17(22)10-26-18(23)14-9-13(28(3,24)25)6-5-12(14)2/h4-9H,10H2,1-3H3,(H,20,21,22). The number of rotatable bonds is 5. The van der Waals surface area contributed by atoms with Crippen LogP contribution in [0.3, 0.4) is 0 Å². The third kappa shape index (κ3) is 4.55. The van der Waals surface area contributed by atoms with Crippen molar-refractivity contribution in [1.82, 2.24) is 4.98 Å². The van der Waals surface area contributed by atoms with Crippen LogP contribution in [0.2, 0.25) is 0 Å². The summed E-state index contributed by atoms with van der Waals surface area (Å²) < 4.78 is 29.3. The molecule has 28 heavy (non-hydrogen) atoms. The van der Waals surface area contributed by atoms with Crippen LogP contribution in [-0.4, -0.2) is 38.1 Å². The Labute approximate surface area is 166 Å². The number of benzene rings is 2. The summed E-state index contributed by atoms with van der Waals surface area (Å²) in [5.41, 5.74) is 2.52. The van der Waals surface area contributed by atoms with E-state index >= 15 is 0 Å². The number of sulfone groups is 1. The minimum Gasteiger partial charge on any atom is -0.452 e. The second kappa shape index (κ2) is 7.69. The predicted octanol–water partition coefficient (Wildman–Crippen LogP) is 3.11. The van der Waals surface area contributed by atoms with Crippen molar-refractivity contribution in [2.24, 2.45) is 0 Å². The first kappa shape index (κ1) is 20.0. The number of hydrogen-bond donors (Lipinski definition) is 1. The molecule has 0 radical (unpaired) electrons. The zero-order valence-electron chi connectivity index (χ0n) is 15.5. The minimum absolute atomic E-state index is 0.0132. The maximum absolute atomic E-state index is 12.3. The van der Waals surface area contributed by atoms with Crippen LogP contribution in [0.15, 0.2) is 41.3 Å². The quantitative estimate of drug-likeness (QED) is 0.639. The largest absolute Gasteiger partial charge is 0.452 e. The molecular formula is C19H18N2O5S2. The fourth-order valence-electron chi connectivity index (χ4n) is 2.50. The van der Waals surface area contributed by atoms with Crippen LogP contribution in [0, 0.1) is 13.8 Å². The maximum atomic E-state index is 12.3. The van der Waals surface area contributed by atoms with Crippen molar-refractivity contribution in [2.45, 2.75) is 18.7 Å². The predicted molar refractivity (Wildman–Crippen MR) is 108 cm³/mol. The molecule has 146 valence electrons. The summed E-state index contributed by atoms with van der Waals surface area (Å²) in [6.07, 6.45) is 1.06. The Balaban J connectivity index is 1.66. The van der Waals surface area contributed by atoms with Gasteiger partial charge in [-0.2, -0.15) is 0 Å². The van der Waals surface area contributed by atoms with E-state index in [0.717, 1.165) is 22.0 Å². The van der Waals surface area contributed by atoms with Crippen molar-refractivity contribution in [3.05, 3.63) is 53.1 Å². The SMILES string of the molecule is Cc1ccc2nc(NC(=O)COC(=O)c3cc(S(C)(=O)=O)ccc3C)sc2c1. The lowest BCUT2D eigenvalue weighted by Gasteiger charge is -2.08. The molecule has 0 unspecified atom stereocenters. The van der Waals surface area contributed by atoms with Gasteiger partial charge in [-0.3, -0.25) is 10.1 Å². The van der Waals surface area contributed by atoms with Crippen LogP contribution in [0.25, 0.3) is 10.2 Å². The first-order chi connectivity index (χ1) is 13.1. The number of nitrogens with one attached hydrogen (secondary N) is 1. The molecule has 0 aliphatic heterocycles. The van der Waals surface area contributed by atoms with E-state index in [1.54, 1.807) is 6.92 Å². The average Bonchev–Trinajstić information content (AvgIpc) is 3.00. The van der Waals surface area contributed by atoms with E-state index in [1.165, 1.54) is 29.5 Å². The third-order valence-corrected chi connectivity index (χ3v) is 6.03. The number of fused-ring (bicyclic) bond motifs is 1. The Kier molecular flexibility index (Phi) is 5.48. The molecule has 7 nitrogen and oxygen atoms in total. The number of esters is 1. The fraction of sp³-hybridized carbons (Fsp3) is 0.211. The van der Waals surface area contributed by atoms with Gasteiger partial charge in [0.1, 0.15) is 0 Å². The number of aromatic nitrogens is 1. The number of nitrogens with zero attached hydrogens (tertiary/aromatic N) is 1. The van der Waals surface area contributed by atoms with Gasteiger partial charge in [0.25, 0.3) is 5.91 Å². The van der Waals surface area contributed by atoms with E-state index in [1.807, 2.05) is 25.1 Å². The number of hydrogen-bond acceptors (Lipinski definition) is 7. The Morgan fingerprint density at radius 3 is 2.61 bits per heavy atom. The van der Waals surface area contributed by atoms with E-state index in [-0.39, 0.29) is 10.5 Å². The molecule has 3 rings (SSSR count). The zero-order chi connectivity index (χ0) is 20.5. The molecule has 2 aromatic carbocycles. The third-order valence-electron chi connectivity index (χ3n) is 3.98. The van der Waals surface area contributed by atoms with Crippen LogP contribution < -0.4 is 5.32 Å². The molecule has 0 aliphatic rings. The van der Waals surface area contributed by atoms with E-state index in [2.05, 4.69) is 10.3 Å². The van der Waals surface area contributed by atoms with Crippen molar-refractivity contribution in [3.63, 3.8) is 0 Å². The van der Waals surface area contributed by atoms with Crippen molar-refractivity contribution in [1.29, 1.82) is 0 Å². The van der Waals surface area contributed by atoms with Gasteiger partial charge in [-0.15, -0.1) is 0 Å². The van der Waals surface area contributed by atoms with Gasteiger partial charge in [0.2, 0.25) is 0 Å². The van der Waals surface area contributed by atoms with Gasteiger partial charge in [-0.25, -0.2) is 18.2 Å².